The Labute approximate surface area is 249 Å². The molecule has 1 aliphatic rings. The Bertz CT molecular complexity index is 1390. The van der Waals surface area contributed by atoms with Crippen LogP contribution in [0.1, 0.15) is 35.4 Å². The maximum atomic E-state index is 13.8. The molecule has 1 fully saturated rings. The molecule has 1 saturated heterocycles. The van der Waals surface area contributed by atoms with Gasteiger partial charge in [-0.1, -0.05) is 23.7 Å². The highest BCUT2D eigenvalue weighted by Crippen LogP contribution is 2.42. The van der Waals surface area contributed by atoms with E-state index < -0.39 is 42.3 Å². The van der Waals surface area contributed by atoms with Crippen molar-refractivity contribution in [2.45, 2.75) is 37.4 Å². The molecule has 0 radical (unpaired) electrons. The van der Waals surface area contributed by atoms with E-state index in [0.717, 1.165) is 17.4 Å². The third-order valence-corrected chi connectivity index (χ3v) is 8.34. The van der Waals surface area contributed by atoms with Gasteiger partial charge >= 0.3 is 6.18 Å². The van der Waals surface area contributed by atoms with E-state index in [1.807, 2.05) is 0 Å². The average molecular weight is 628 g/mol. The van der Waals surface area contributed by atoms with E-state index in [2.05, 4.69) is 16.0 Å². The van der Waals surface area contributed by atoms with Crippen LogP contribution in [0.2, 0.25) is 5.02 Å². The van der Waals surface area contributed by atoms with E-state index in [9.17, 15) is 27.2 Å². The lowest BCUT2D eigenvalue weighted by Crippen LogP contribution is -2.62. The molecule has 0 aliphatic carbocycles. The second-order valence-electron chi connectivity index (χ2n) is 9.83. The highest BCUT2D eigenvalue weighted by Gasteiger charge is 2.41. The Morgan fingerprint density at radius 3 is 2.43 bits per heavy atom. The molecule has 2 amide bonds. The first-order valence-electron chi connectivity index (χ1n) is 13.3. The van der Waals surface area contributed by atoms with Gasteiger partial charge in [0.1, 0.15) is 17.1 Å². The highest BCUT2D eigenvalue weighted by atomic mass is 35.5. The fourth-order valence-electron chi connectivity index (χ4n) is 4.64. The van der Waals surface area contributed by atoms with E-state index in [-0.39, 0.29) is 29.3 Å². The van der Waals surface area contributed by atoms with Crippen molar-refractivity contribution in [2.75, 3.05) is 32.8 Å². The average Bonchev–Trinajstić information content (AvgIpc) is 3.39. The fraction of sp³-hybridized carbons (Fsp3) is 0.379. The molecule has 42 heavy (non-hydrogen) atoms. The molecule has 0 saturated carbocycles. The Hall–Kier alpha value is -3.03. The van der Waals surface area contributed by atoms with Crippen molar-refractivity contribution < 1.29 is 37.0 Å². The van der Waals surface area contributed by atoms with Crippen molar-refractivity contribution >= 4 is 34.8 Å². The maximum Gasteiger partial charge on any atom is 0.390 e. The number of rotatable bonds is 11. The van der Waals surface area contributed by atoms with Gasteiger partial charge in [0, 0.05) is 35.6 Å². The minimum Gasteiger partial charge on any atom is -0.494 e. The van der Waals surface area contributed by atoms with Gasteiger partial charge in [-0.15, -0.1) is 11.3 Å². The van der Waals surface area contributed by atoms with Gasteiger partial charge in [-0.3, -0.25) is 14.9 Å². The predicted molar refractivity (Wildman–Crippen MR) is 153 cm³/mol. The summed E-state index contributed by atoms with van der Waals surface area (Å²) in [7, 11) is 0. The molecule has 1 aliphatic heterocycles. The van der Waals surface area contributed by atoms with Crippen molar-refractivity contribution in [3.05, 3.63) is 64.2 Å². The Morgan fingerprint density at radius 2 is 1.79 bits per heavy atom. The molecular weight excluding hydrogens is 598 g/mol. The smallest absolute Gasteiger partial charge is 0.390 e. The SMILES string of the molecule is O=C(NC(=O)C1(NCCC(F)(F)F)CCNCC1)c1cc(-c2ccc(OCCCO)cc2)c(-c2ccc(F)cc2Cl)s1. The minimum absolute atomic E-state index is 0.00372. The number of aliphatic hydroxyl groups excluding tert-OH is 1. The molecule has 0 unspecified atom stereocenters. The number of aliphatic hydroxyl groups is 1. The lowest BCUT2D eigenvalue weighted by Gasteiger charge is -2.37. The monoisotopic (exact) mass is 627 g/mol. The van der Waals surface area contributed by atoms with Gasteiger partial charge in [0.15, 0.2) is 0 Å². The lowest BCUT2D eigenvalue weighted by molar-refractivity contribution is -0.137. The zero-order valence-electron chi connectivity index (χ0n) is 22.5. The highest BCUT2D eigenvalue weighted by molar-refractivity contribution is 7.18. The summed E-state index contributed by atoms with van der Waals surface area (Å²) in [5.74, 6) is -1.36. The van der Waals surface area contributed by atoms with E-state index in [1.54, 1.807) is 30.3 Å². The molecule has 0 atom stereocenters. The van der Waals surface area contributed by atoms with Gasteiger partial charge in [0.05, 0.1) is 22.9 Å². The Kier molecular flexibility index (Phi) is 10.6. The summed E-state index contributed by atoms with van der Waals surface area (Å²) in [6.07, 6.45) is -4.59. The van der Waals surface area contributed by atoms with Gasteiger partial charge < -0.3 is 20.5 Å². The molecule has 2 aromatic carbocycles. The van der Waals surface area contributed by atoms with Crippen LogP contribution in [0, 0.1) is 5.82 Å². The van der Waals surface area contributed by atoms with Crippen molar-refractivity contribution in [3.8, 4) is 27.3 Å². The van der Waals surface area contributed by atoms with Gasteiger partial charge in [-0.05, 0) is 67.9 Å². The van der Waals surface area contributed by atoms with Gasteiger partial charge in [0.2, 0.25) is 5.91 Å². The van der Waals surface area contributed by atoms with Gasteiger partial charge in [0.25, 0.3) is 5.91 Å². The van der Waals surface area contributed by atoms with Crippen LogP contribution < -0.4 is 20.7 Å². The van der Waals surface area contributed by atoms with E-state index >= 15 is 0 Å². The van der Waals surface area contributed by atoms with E-state index in [0.29, 0.717) is 53.4 Å². The molecule has 0 bridgehead atoms. The first kappa shape index (κ1) is 31.9. The molecule has 2 heterocycles. The topological polar surface area (TPSA) is 99.7 Å². The van der Waals surface area contributed by atoms with Gasteiger partial charge in [-0.2, -0.15) is 13.2 Å². The number of thiophene rings is 1. The van der Waals surface area contributed by atoms with Crippen molar-refractivity contribution in [3.63, 3.8) is 0 Å². The number of hydrogen-bond donors (Lipinski definition) is 4. The molecule has 7 nitrogen and oxygen atoms in total. The maximum absolute atomic E-state index is 13.8. The number of alkyl halides is 3. The Morgan fingerprint density at radius 1 is 1.07 bits per heavy atom. The molecule has 3 aromatic rings. The quantitative estimate of drug-likeness (QED) is 0.126. The fourth-order valence-corrected chi connectivity index (χ4v) is 6.07. The summed E-state index contributed by atoms with van der Waals surface area (Å²) in [4.78, 5) is 27.4. The first-order chi connectivity index (χ1) is 20.0. The number of halogens is 5. The molecule has 1 aromatic heterocycles. The van der Waals surface area contributed by atoms with Crippen molar-refractivity contribution in [1.82, 2.24) is 16.0 Å². The summed E-state index contributed by atoms with van der Waals surface area (Å²) in [5, 5.41) is 17.3. The molecule has 4 rings (SSSR count). The minimum atomic E-state index is -4.39. The number of benzene rings is 2. The Balaban J connectivity index is 1.61. The van der Waals surface area contributed by atoms with Crippen molar-refractivity contribution in [1.29, 1.82) is 0 Å². The van der Waals surface area contributed by atoms with Crippen LogP contribution in [-0.2, 0) is 4.79 Å². The standard InChI is InChI=1S/C29H30ClF4N3O4S/c30-23-16-19(31)4-7-21(23)25-22(18-2-5-20(6-3-18)41-15-1-14-38)17-24(42-25)26(39)37-27(40)28(8-11-35-12-9-28)36-13-10-29(32,33)34/h2-7,16-17,35-36,38H,1,8-15H2,(H,37,39,40). The zero-order chi connectivity index (χ0) is 30.3. The summed E-state index contributed by atoms with van der Waals surface area (Å²) in [6, 6.07) is 12.5. The van der Waals surface area contributed by atoms with Crippen LogP contribution >= 0.6 is 22.9 Å². The summed E-state index contributed by atoms with van der Waals surface area (Å²) < 4.78 is 57.7. The molecular formula is C29H30ClF4N3O4S. The molecule has 0 spiro atoms. The molecule has 226 valence electrons. The number of amides is 2. The normalized spacial score (nSPS) is 14.9. The first-order valence-corrected chi connectivity index (χ1v) is 14.5. The number of imide groups is 1. The van der Waals surface area contributed by atoms with Crippen LogP contribution in [0.5, 0.6) is 5.75 Å². The third kappa shape index (κ3) is 8.07. The number of nitrogens with one attached hydrogen (secondary N) is 3. The number of carbonyl (C=O) groups excluding carboxylic acids is 2. The molecule has 13 heteroatoms. The summed E-state index contributed by atoms with van der Waals surface area (Å²) in [6.45, 7) is 0.685. The van der Waals surface area contributed by atoms with Crippen LogP contribution in [0.3, 0.4) is 0 Å². The molecule has 4 N–H and O–H groups in total. The lowest BCUT2D eigenvalue weighted by atomic mass is 9.87. The van der Waals surface area contributed by atoms with Crippen LogP contribution in [-0.4, -0.2) is 61.5 Å². The van der Waals surface area contributed by atoms with Crippen LogP contribution in [0.15, 0.2) is 48.5 Å². The van der Waals surface area contributed by atoms with Crippen molar-refractivity contribution in [2.24, 2.45) is 0 Å². The van der Waals surface area contributed by atoms with Gasteiger partial charge in [-0.25, -0.2) is 4.39 Å². The van der Waals surface area contributed by atoms with E-state index in [1.165, 1.54) is 12.1 Å². The zero-order valence-corrected chi connectivity index (χ0v) is 24.0. The number of ether oxygens (including phenoxy) is 1. The summed E-state index contributed by atoms with van der Waals surface area (Å²) >= 11 is 7.42. The van der Waals surface area contributed by atoms with E-state index in [4.69, 9.17) is 21.4 Å². The third-order valence-electron chi connectivity index (χ3n) is 6.86. The second kappa shape index (κ2) is 14.0. The summed E-state index contributed by atoms with van der Waals surface area (Å²) in [5.41, 5.74) is 0.453. The van der Waals surface area contributed by atoms with Crippen LogP contribution in [0.4, 0.5) is 17.6 Å². The number of carbonyl (C=O) groups is 2. The van der Waals surface area contributed by atoms with Crippen LogP contribution in [0.25, 0.3) is 21.6 Å². The largest absolute Gasteiger partial charge is 0.494 e. The number of hydrogen-bond acceptors (Lipinski definition) is 7. The number of piperidine rings is 1. The second-order valence-corrected chi connectivity index (χ2v) is 11.3. The predicted octanol–water partition coefficient (Wildman–Crippen LogP) is 5.56.